The van der Waals surface area contributed by atoms with Gasteiger partial charge in [-0.05, 0) is 37.6 Å². The number of nitrogens with zero attached hydrogens (tertiary/aromatic N) is 2. The normalized spacial score (nSPS) is 19.0. The van der Waals surface area contributed by atoms with E-state index in [4.69, 9.17) is 5.73 Å². The maximum Gasteiger partial charge on any atom is 0.416 e. The highest BCUT2D eigenvalue weighted by Crippen LogP contribution is 2.39. The molecule has 3 rings (SSSR count). The summed E-state index contributed by atoms with van der Waals surface area (Å²) in [5.41, 5.74) is 4.21. The third-order valence-electron chi connectivity index (χ3n) is 4.30. The second kappa shape index (κ2) is 6.93. The second-order valence-electron chi connectivity index (χ2n) is 6.22. The van der Waals surface area contributed by atoms with Crippen molar-refractivity contribution in [3.05, 3.63) is 34.5 Å². The molecule has 0 aliphatic carbocycles. The molecule has 0 radical (unpaired) electrons. The first-order valence-corrected chi connectivity index (χ1v) is 8.71. The van der Waals surface area contributed by atoms with E-state index in [1.165, 1.54) is 4.90 Å². The van der Waals surface area contributed by atoms with Gasteiger partial charge in [-0.25, -0.2) is 9.37 Å². The molecule has 1 unspecified atom stereocenters. The van der Waals surface area contributed by atoms with Crippen LogP contribution in [0.2, 0.25) is 0 Å². The molecule has 148 valence electrons. The fraction of sp³-hybridized carbons (Fsp3) is 0.438. The molecule has 1 aromatic heterocycles. The third-order valence-corrected chi connectivity index (χ3v) is 5.17. The molecule has 27 heavy (non-hydrogen) atoms. The first kappa shape index (κ1) is 19.9. The maximum absolute atomic E-state index is 13.7. The molecular formula is C16H14F7N3S. The first-order chi connectivity index (χ1) is 12.4. The Hall–Kier alpha value is -1.88. The molecule has 1 fully saturated rings. The SMILES string of the molecule is Nc1nc(-c2cc(F)cc(C(F)(F)F)c2)c(CN2CCCC2C(F)(F)F)s1. The summed E-state index contributed by atoms with van der Waals surface area (Å²) in [4.78, 5) is 5.39. The molecule has 2 heterocycles. The topological polar surface area (TPSA) is 42.1 Å². The van der Waals surface area contributed by atoms with Gasteiger partial charge in [-0.1, -0.05) is 0 Å². The van der Waals surface area contributed by atoms with E-state index in [9.17, 15) is 30.7 Å². The highest BCUT2D eigenvalue weighted by atomic mass is 32.1. The van der Waals surface area contributed by atoms with E-state index in [0.29, 0.717) is 18.6 Å². The van der Waals surface area contributed by atoms with Crippen LogP contribution in [0.3, 0.4) is 0 Å². The fourth-order valence-corrected chi connectivity index (χ4v) is 4.04. The van der Waals surface area contributed by atoms with Crippen LogP contribution in [0.15, 0.2) is 18.2 Å². The van der Waals surface area contributed by atoms with Gasteiger partial charge in [0.1, 0.15) is 11.9 Å². The van der Waals surface area contributed by atoms with Crippen molar-refractivity contribution in [3.8, 4) is 11.3 Å². The number of likely N-dealkylation sites (tertiary alicyclic amines) is 1. The molecule has 3 nitrogen and oxygen atoms in total. The predicted octanol–water partition coefficient (Wildman–Crippen LogP) is 5.08. The number of nitrogen functional groups attached to an aromatic ring is 1. The van der Waals surface area contributed by atoms with Gasteiger partial charge in [0.2, 0.25) is 0 Å². The lowest BCUT2D eigenvalue weighted by molar-refractivity contribution is -0.177. The molecule has 1 saturated heterocycles. The Labute approximate surface area is 153 Å². The Bertz CT molecular complexity index is 828. The van der Waals surface area contributed by atoms with Crippen LogP contribution in [0.5, 0.6) is 0 Å². The Kier molecular flexibility index (Phi) is 5.10. The van der Waals surface area contributed by atoms with Crippen molar-refractivity contribution in [1.82, 2.24) is 9.88 Å². The molecule has 1 atom stereocenters. The Morgan fingerprint density at radius 2 is 1.85 bits per heavy atom. The summed E-state index contributed by atoms with van der Waals surface area (Å²) >= 11 is 0.882. The largest absolute Gasteiger partial charge is 0.416 e. The quantitative estimate of drug-likeness (QED) is 0.714. The number of nitrogens with two attached hydrogens (primary N) is 1. The second-order valence-corrected chi connectivity index (χ2v) is 7.34. The molecule has 1 aromatic carbocycles. The van der Waals surface area contributed by atoms with E-state index in [-0.39, 0.29) is 40.8 Å². The minimum atomic E-state index is -4.77. The molecular weight excluding hydrogens is 399 g/mol. The molecule has 0 spiro atoms. The molecule has 11 heteroatoms. The molecule has 0 bridgehead atoms. The van der Waals surface area contributed by atoms with Crippen LogP contribution in [-0.4, -0.2) is 28.6 Å². The predicted molar refractivity (Wildman–Crippen MR) is 86.4 cm³/mol. The zero-order chi connectivity index (χ0) is 20.0. The molecule has 0 amide bonds. The van der Waals surface area contributed by atoms with Gasteiger partial charge in [-0.3, -0.25) is 4.90 Å². The van der Waals surface area contributed by atoms with Crippen molar-refractivity contribution in [2.75, 3.05) is 12.3 Å². The van der Waals surface area contributed by atoms with E-state index in [2.05, 4.69) is 4.98 Å². The summed E-state index contributed by atoms with van der Waals surface area (Å²) < 4.78 is 91.9. The highest BCUT2D eigenvalue weighted by molar-refractivity contribution is 7.15. The number of alkyl halides is 6. The third kappa shape index (κ3) is 4.34. The molecule has 0 saturated carbocycles. The number of benzene rings is 1. The van der Waals surface area contributed by atoms with Gasteiger partial charge < -0.3 is 5.73 Å². The van der Waals surface area contributed by atoms with Crippen LogP contribution in [0.1, 0.15) is 23.3 Å². The maximum atomic E-state index is 13.7. The van der Waals surface area contributed by atoms with E-state index in [1.807, 2.05) is 0 Å². The van der Waals surface area contributed by atoms with Gasteiger partial charge in [0.05, 0.1) is 11.3 Å². The molecule has 1 aliphatic heterocycles. The standard InChI is InChI=1S/C16H14F7N3S/c17-10-5-8(4-9(6-10)15(18,19)20)13-11(27-14(24)25-13)7-26-3-1-2-12(26)16(21,22)23/h4-6,12H,1-3,7H2,(H2,24,25). The van der Waals surface area contributed by atoms with Crippen molar-refractivity contribution in [2.24, 2.45) is 0 Å². The summed E-state index contributed by atoms with van der Waals surface area (Å²) in [5, 5.41) is -0.0134. The number of thiazole rings is 1. The lowest BCUT2D eigenvalue weighted by atomic mass is 10.1. The monoisotopic (exact) mass is 413 g/mol. The van der Waals surface area contributed by atoms with Crippen LogP contribution in [0.4, 0.5) is 35.9 Å². The van der Waals surface area contributed by atoms with Crippen molar-refractivity contribution in [2.45, 2.75) is 37.8 Å². The lowest BCUT2D eigenvalue weighted by Crippen LogP contribution is -2.40. The van der Waals surface area contributed by atoms with Gasteiger partial charge in [-0.2, -0.15) is 26.3 Å². The summed E-state index contributed by atoms with van der Waals surface area (Å²) in [6.45, 7) is 0.0185. The molecule has 2 aromatic rings. The minimum absolute atomic E-state index is 0.0134. The number of aromatic nitrogens is 1. The van der Waals surface area contributed by atoms with Crippen LogP contribution in [0, 0.1) is 5.82 Å². The minimum Gasteiger partial charge on any atom is -0.375 e. The molecule has 2 N–H and O–H groups in total. The smallest absolute Gasteiger partial charge is 0.375 e. The number of hydrogen-bond donors (Lipinski definition) is 1. The number of rotatable bonds is 3. The highest BCUT2D eigenvalue weighted by Gasteiger charge is 2.46. The van der Waals surface area contributed by atoms with E-state index in [0.717, 1.165) is 17.4 Å². The average Bonchev–Trinajstić information content (AvgIpc) is 3.12. The van der Waals surface area contributed by atoms with Crippen molar-refractivity contribution < 1.29 is 30.7 Å². The van der Waals surface area contributed by atoms with Crippen molar-refractivity contribution in [1.29, 1.82) is 0 Å². The van der Waals surface area contributed by atoms with Crippen LogP contribution in [0.25, 0.3) is 11.3 Å². The van der Waals surface area contributed by atoms with Crippen LogP contribution in [-0.2, 0) is 12.7 Å². The number of halogens is 7. The Balaban J connectivity index is 1.97. The molecule has 1 aliphatic rings. The van der Waals surface area contributed by atoms with E-state index >= 15 is 0 Å². The first-order valence-electron chi connectivity index (χ1n) is 7.89. The zero-order valence-corrected chi connectivity index (χ0v) is 14.5. The van der Waals surface area contributed by atoms with E-state index in [1.54, 1.807) is 0 Å². The summed E-state index contributed by atoms with van der Waals surface area (Å²) in [6.07, 6.45) is -8.87. The fourth-order valence-electron chi connectivity index (χ4n) is 3.16. The van der Waals surface area contributed by atoms with Crippen LogP contribution >= 0.6 is 11.3 Å². The summed E-state index contributed by atoms with van der Waals surface area (Å²) in [6, 6.07) is 0.288. The van der Waals surface area contributed by atoms with Gasteiger partial charge >= 0.3 is 12.4 Å². The van der Waals surface area contributed by atoms with Crippen LogP contribution < -0.4 is 5.73 Å². The zero-order valence-electron chi connectivity index (χ0n) is 13.7. The van der Waals surface area contributed by atoms with Gasteiger partial charge in [0.15, 0.2) is 5.13 Å². The number of hydrogen-bond acceptors (Lipinski definition) is 4. The number of anilines is 1. The van der Waals surface area contributed by atoms with Crippen molar-refractivity contribution in [3.63, 3.8) is 0 Å². The van der Waals surface area contributed by atoms with Gasteiger partial charge in [0.25, 0.3) is 0 Å². The van der Waals surface area contributed by atoms with Gasteiger partial charge in [0, 0.05) is 17.0 Å². The van der Waals surface area contributed by atoms with Crippen molar-refractivity contribution >= 4 is 16.5 Å². The van der Waals surface area contributed by atoms with E-state index < -0.39 is 29.8 Å². The average molecular weight is 413 g/mol. The lowest BCUT2D eigenvalue weighted by Gasteiger charge is -2.26. The Morgan fingerprint density at radius 3 is 2.48 bits per heavy atom. The summed E-state index contributed by atoms with van der Waals surface area (Å²) in [7, 11) is 0. The Morgan fingerprint density at radius 1 is 1.15 bits per heavy atom. The van der Waals surface area contributed by atoms with Gasteiger partial charge in [-0.15, -0.1) is 11.3 Å². The summed E-state index contributed by atoms with van der Waals surface area (Å²) in [5.74, 6) is -1.12.